The largest absolute Gasteiger partial charge is 0.493 e. The van der Waals surface area contributed by atoms with Gasteiger partial charge in [0.2, 0.25) is 0 Å². The molecule has 62 heavy (non-hydrogen) atoms. The average Bonchev–Trinajstić information content (AvgIpc) is 3.89. The minimum absolute atomic E-state index is 0.0185. The summed E-state index contributed by atoms with van der Waals surface area (Å²) in [7, 11) is 0. The van der Waals surface area contributed by atoms with Crippen molar-refractivity contribution in [1.29, 1.82) is 0 Å². The molecule has 2 aliphatic rings. The molecule has 4 atom stereocenters. The van der Waals surface area contributed by atoms with Crippen LogP contribution in [0.1, 0.15) is 54.3 Å². The zero-order valence-electron chi connectivity index (χ0n) is 33.3. The maximum atomic E-state index is 13.0. The SMILES string of the molecule is C=CC(=O)OCCCOc1ccc(C(=O)Oc2ccc(C(=O)O[C@H]3CO[C@H]4[C@@H]3OC[C@H]4OC(=O)c3ccc(OC(=O)c4ccc(OCCCOC(=O)C=C)cc4)cc3)cc2)cc1. The molecule has 0 saturated carbocycles. The number of fused-ring (bicyclic) bond motifs is 1. The van der Waals surface area contributed by atoms with E-state index in [9.17, 15) is 28.8 Å². The molecule has 0 aromatic heterocycles. The highest BCUT2D eigenvalue weighted by molar-refractivity contribution is 5.93. The Morgan fingerprint density at radius 3 is 1.13 bits per heavy atom. The van der Waals surface area contributed by atoms with Crippen LogP contribution < -0.4 is 18.9 Å². The molecule has 16 nitrogen and oxygen atoms in total. The van der Waals surface area contributed by atoms with E-state index in [1.807, 2.05) is 0 Å². The average molecular weight is 851 g/mol. The number of esters is 6. The molecule has 0 N–H and O–H groups in total. The van der Waals surface area contributed by atoms with Crippen LogP contribution in [0.2, 0.25) is 0 Å². The third-order valence-electron chi connectivity index (χ3n) is 9.20. The van der Waals surface area contributed by atoms with Gasteiger partial charge in [-0.3, -0.25) is 0 Å². The summed E-state index contributed by atoms with van der Waals surface area (Å²) in [6, 6.07) is 24.3. The van der Waals surface area contributed by atoms with Crippen molar-refractivity contribution in [2.45, 2.75) is 37.3 Å². The number of carbonyl (C=O) groups is 6. The quantitative estimate of drug-likeness (QED) is 0.0347. The third-order valence-corrected chi connectivity index (χ3v) is 9.20. The minimum Gasteiger partial charge on any atom is -0.493 e. The molecule has 4 aromatic carbocycles. The Balaban J connectivity index is 0.901. The van der Waals surface area contributed by atoms with E-state index < -0.39 is 60.2 Å². The van der Waals surface area contributed by atoms with E-state index in [1.165, 1.54) is 48.5 Å². The van der Waals surface area contributed by atoms with Crippen molar-refractivity contribution in [3.63, 3.8) is 0 Å². The van der Waals surface area contributed by atoms with Crippen molar-refractivity contribution in [3.8, 4) is 23.0 Å². The molecule has 6 rings (SSSR count). The van der Waals surface area contributed by atoms with Crippen LogP contribution in [0.4, 0.5) is 0 Å². The summed E-state index contributed by atoms with van der Waals surface area (Å²) >= 11 is 0. The third kappa shape index (κ3) is 12.4. The molecular weight excluding hydrogens is 808 g/mol. The molecule has 2 saturated heterocycles. The lowest BCUT2D eigenvalue weighted by Crippen LogP contribution is -2.36. The van der Waals surface area contributed by atoms with Crippen molar-refractivity contribution in [2.24, 2.45) is 0 Å². The molecular formula is C46H42O16. The molecule has 2 fully saturated rings. The van der Waals surface area contributed by atoms with Crippen LogP contribution in [0, 0.1) is 0 Å². The lowest BCUT2D eigenvalue weighted by atomic mass is 10.1. The summed E-state index contributed by atoms with van der Waals surface area (Å²) in [6.07, 6.45) is 0.250. The second-order valence-electron chi connectivity index (χ2n) is 13.5. The Labute approximate surface area is 355 Å². The van der Waals surface area contributed by atoms with Gasteiger partial charge >= 0.3 is 35.8 Å². The molecule has 0 bridgehead atoms. The van der Waals surface area contributed by atoms with Crippen molar-refractivity contribution in [3.05, 3.63) is 145 Å². The smallest absolute Gasteiger partial charge is 0.343 e. The Morgan fingerprint density at radius 1 is 0.468 bits per heavy atom. The highest BCUT2D eigenvalue weighted by Gasteiger charge is 2.51. The first kappa shape index (κ1) is 44.3. The van der Waals surface area contributed by atoms with Gasteiger partial charge in [-0.1, -0.05) is 13.2 Å². The van der Waals surface area contributed by atoms with Crippen LogP contribution in [0.25, 0.3) is 0 Å². The molecule has 0 amide bonds. The van der Waals surface area contributed by atoms with Gasteiger partial charge in [-0.25, -0.2) is 28.8 Å². The molecule has 0 spiro atoms. The maximum absolute atomic E-state index is 13.0. The van der Waals surface area contributed by atoms with Crippen LogP contribution in [0.3, 0.4) is 0 Å². The fraction of sp³-hybridized carbons (Fsp3) is 0.261. The number of hydrogen-bond donors (Lipinski definition) is 0. The van der Waals surface area contributed by atoms with E-state index in [0.29, 0.717) is 37.6 Å². The molecule has 2 aliphatic heterocycles. The van der Waals surface area contributed by atoms with Gasteiger partial charge in [0.05, 0.1) is 61.9 Å². The van der Waals surface area contributed by atoms with E-state index in [2.05, 4.69) is 13.2 Å². The summed E-state index contributed by atoms with van der Waals surface area (Å²) in [5.74, 6) is -2.08. The van der Waals surface area contributed by atoms with Crippen molar-refractivity contribution < 1.29 is 76.1 Å². The second-order valence-corrected chi connectivity index (χ2v) is 13.5. The monoisotopic (exact) mass is 850 g/mol. The Morgan fingerprint density at radius 2 is 0.790 bits per heavy atom. The van der Waals surface area contributed by atoms with Gasteiger partial charge in [0, 0.05) is 25.0 Å². The normalized spacial score (nSPS) is 17.4. The summed E-state index contributed by atoms with van der Waals surface area (Å²) in [6.45, 7) is 7.70. The number of hydrogen-bond acceptors (Lipinski definition) is 16. The first-order valence-corrected chi connectivity index (χ1v) is 19.4. The summed E-state index contributed by atoms with van der Waals surface area (Å²) in [4.78, 5) is 73.6. The summed E-state index contributed by atoms with van der Waals surface area (Å²) in [5, 5.41) is 0. The molecule has 0 unspecified atom stereocenters. The van der Waals surface area contributed by atoms with Gasteiger partial charge in [-0.15, -0.1) is 0 Å². The minimum atomic E-state index is -0.770. The van der Waals surface area contributed by atoms with E-state index in [1.54, 1.807) is 48.5 Å². The maximum Gasteiger partial charge on any atom is 0.343 e. The van der Waals surface area contributed by atoms with Gasteiger partial charge in [0.15, 0.2) is 12.2 Å². The standard InChI is InChI=1S/C46H42O16/c1-3-39(47)55-25-5-23-53-33-15-7-29(8-16-33)43(49)59-35-19-11-31(12-20-35)45(51)61-37-27-57-42-38(28-58-41(37)42)62-46(52)32-13-21-36(22-14-32)60-44(50)30-9-17-34(18-10-30)54-24-6-26-56-40(48)4-2/h3-4,7-22,37-38,41-42H,1-2,5-6,23-28H2/t37-,38+,41-,42-/m1/s1. The van der Waals surface area contributed by atoms with Gasteiger partial charge in [-0.2, -0.15) is 0 Å². The van der Waals surface area contributed by atoms with Crippen molar-refractivity contribution in [2.75, 3.05) is 39.6 Å². The van der Waals surface area contributed by atoms with E-state index >= 15 is 0 Å². The van der Waals surface area contributed by atoms with Crippen LogP contribution in [0.15, 0.2) is 122 Å². The van der Waals surface area contributed by atoms with Gasteiger partial charge in [0.25, 0.3) is 0 Å². The zero-order valence-corrected chi connectivity index (χ0v) is 33.3. The topological polar surface area (TPSA) is 195 Å². The fourth-order valence-electron chi connectivity index (χ4n) is 6.03. The lowest BCUT2D eigenvalue weighted by Gasteiger charge is -2.17. The summed E-state index contributed by atoms with van der Waals surface area (Å²) in [5.41, 5.74) is 0.956. The van der Waals surface area contributed by atoms with Gasteiger partial charge in [-0.05, 0) is 97.1 Å². The van der Waals surface area contributed by atoms with Crippen LogP contribution in [-0.4, -0.2) is 99.9 Å². The first-order chi connectivity index (χ1) is 30.1. The van der Waals surface area contributed by atoms with E-state index in [-0.39, 0.29) is 60.2 Å². The highest BCUT2D eigenvalue weighted by Crippen LogP contribution is 2.32. The predicted molar refractivity (Wildman–Crippen MR) is 216 cm³/mol. The van der Waals surface area contributed by atoms with Crippen LogP contribution in [0.5, 0.6) is 23.0 Å². The number of rotatable bonds is 20. The second kappa shape index (κ2) is 21.8. The number of benzene rings is 4. The Kier molecular flexibility index (Phi) is 15.6. The molecule has 0 radical (unpaired) electrons. The fourth-order valence-corrected chi connectivity index (χ4v) is 6.03. The zero-order chi connectivity index (χ0) is 43.8. The van der Waals surface area contributed by atoms with Gasteiger partial charge < -0.3 is 47.4 Å². The first-order valence-electron chi connectivity index (χ1n) is 19.4. The van der Waals surface area contributed by atoms with Crippen molar-refractivity contribution in [1.82, 2.24) is 0 Å². The lowest BCUT2D eigenvalue weighted by molar-refractivity contribution is -0.138. The highest BCUT2D eigenvalue weighted by atomic mass is 16.7. The molecule has 322 valence electrons. The molecule has 16 heteroatoms. The Hall–Kier alpha value is -7.30. The predicted octanol–water partition coefficient (Wildman–Crippen LogP) is 5.67. The number of carbonyl (C=O) groups excluding carboxylic acids is 6. The molecule has 2 heterocycles. The summed E-state index contributed by atoms with van der Waals surface area (Å²) < 4.78 is 54.9. The molecule has 4 aromatic rings. The van der Waals surface area contributed by atoms with E-state index in [0.717, 1.165) is 12.2 Å². The van der Waals surface area contributed by atoms with Gasteiger partial charge in [0.1, 0.15) is 35.2 Å². The van der Waals surface area contributed by atoms with Crippen LogP contribution in [-0.2, 0) is 38.0 Å². The Bertz CT molecular complexity index is 2060. The molecule has 0 aliphatic carbocycles. The van der Waals surface area contributed by atoms with Crippen molar-refractivity contribution >= 4 is 35.8 Å². The van der Waals surface area contributed by atoms with E-state index in [4.69, 9.17) is 47.4 Å². The van der Waals surface area contributed by atoms with Crippen LogP contribution >= 0.6 is 0 Å². The number of ether oxygens (including phenoxy) is 10.